The van der Waals surface area contributed by atoms with Crippen molar-refractivity contribution in [3.05, 3.63) is 42.0 Å². The number of methoxy groups -OCH3 is 3. The molecule has 6 nitrogen and oxygen atoms in total. The van der Waals surface area contributed by atoms with Gasteiger partial charge < -0.3 is 24.6 Å². The zero-order valence-electron chi connectivity index (χ0n) is 12.5. The molecule has 1 amide bonds. The van der Waals surface area contributed by atoms with E-state index in [1.165, 1.54) is 33.5 Å². The van der Waals surface area contributed by atoms with Crippen LogP contribution in [0.2, 0.25) is 0 Å². The lowest BCUT2D eigenvalue weighted by atomic mass is 10.1. The molecule has 0 bridgehead atoms. The summed E-state index contributed by atoms with van der Waals surface area (Å²) >= 11 is 0. The number of nitrogens with one attached hydrogen (secondary N) is 1. The molecule has 6 heteroatoms. The summed E-state index contributed by atoms with van der Waals surface area (Å²) in [5.41, 5.74) is 0.577. The Morgan fingerprint density at radius 2 is 1.55 bits per heavy atom. The molecule has 0 unspecified atom stereocenters. The summed E-state index contributed by atoms with van der Waals surface area (Å²) in [6, 6.07) is 9.55. The van der Waals surface area contributed by atoms with E-state index in [9.17, 15) is 9.90 Å². The lowest BCUT2D eigenvalue weighted by molar-refractivity contribution is 0.102. The highest BCUT2D eigenvalue weighted by Crippen LogP contribution is 2.35. The Morgan fingerprint density at radius 1 is 0.955 bits per heavy atom. The first-order valence-corrected chi connectivity index (χ1v) is 6.50. The van der Waals surface area contributed by atoms with Gasteiger partial charge >= 0.3 is 0 Å². The van der Waals surface area contributed by atoms with Crippen molar-refractivity contribution in [3.63, 3.8) is 0 Å². The number of carbonyl (C=O) groups excluding carboxylic acids is 1. The molecule has 0 saturated carbocycles. The minimum absolute atomic E-state index is 0.0182. The minimum atomic E-state index is -0.431. The van der Waals surface area contributed by atoms with Crippen molar-refractivity contribution in [1.82, 2.24) is 0 Å². The summed E-state index contributed by atoms with van der Waals surface area (Å²) in [5.74, 6) is 0.754. The fourth-order valence-corrected chi connectivity index (χ4v) is 1.98. The van der Waals surface area contributed by atoms with Gasteiger partial charge in [0, 0.05) is 12.1 Å². The van der Waals surface area contributed by atoms with Crippen LogP contribution in [-0.2, 0) is 0 Å². The maximum absolute atomic E-state index is 12.4. The highest BCUT2D eigenvalue weighted by Gasteiger charge is 2.18. The Labute approximate surface area is 128 Å². The van der Waals surface area contributed by atoms with E-state index in [0.29, 0.717) is 22.9 Å². The number of benzene rings is 2. The maximum Gasteiger partial charge on any atom is 0.259 e. The van der Waals surface area contributed by atoms with Gasteiger partial charge in [0.2, 0.25) is 0 Å². The van der Waals surface area contributed by atoms with Gasteiger partial charge in [-0.15, -0.1) is 0 Å². The second kappa shape index (κ2) is 6.71. The second-order valence-corrected chi connectivity index (χ2v) is 4.38. The summed E-state index contributed by atoms with van der Waals surface area (Å²) in [6.45, 7) is 0. The molecule has 0 radical (unpaired) electrons. The van der Waals surface area contributed by atoms with Crippen molar-refractivity contribution in [2.75, 3.05) is 26.6 Å². The van der Waals surface area contributed by atoms with Crippen LogP contribution in [0.5, 0.6) is 23.0 Å². The van der Waals surface area contributed by atoms with E-state index in [1.54, 1.807) is 24.3 Å². The van der Waals surface area contributed by atoms with Crippen LogP contribution in [0.1, 0.15) is 10.4 Å². The third-order valence-corrected chi connectivity index (χ3v) is 3.10. The Bertz CT molecular complexity index is 684. The molecular weight excluding hydrogens is 286 g/mol. The van der Waals surface area contributed by atoms with Gasteiger partial charge in [-0.1, -0.05) is 12.1 Å². The van der Waals surface area contributed by atoms with E-state index < -0.39 is 5.91 Å². The van der Waals surface area contributed by atoms with Gasteiger partial charge in [0.1, 0.15) is 11.5 Å². The van der Waals surface area contributed by atoms with Gasteiger partial charge in [0.15, 0.2) is 11.5 Å². The van der Waals surface area contributed by atoms with Gasteiger partial charge in [0.05, 0.1) is 32.6 Å². The fraction of sp³-hybridized carbons (Fsp3) is 0.188. The molecule has 0 atom stereocenters. The number of phenolic OH excluding ortho intramolecular Hbond substituents is 1. The fourth-order valence-electron chi connectivity index (χ4n) is 1.98. The van der Waals surface area contributed by atoms with Crippen LogP contribution in [0.4, 0.5) is 5.69 Å². The molecule has 116 valence electrons. The largest absolute Gasteiger partial charge is 0.506 e. The third-order valence-electron chi connectivity index (χ3n) is 3.10. The Morgan fingerprint density at radius 3 is 2.14 bits per heavy atom. The van der Waals surface area contributed by atoms with Crippen molar-refractivity contribution in [2.24, 2.45) is 0 Å². The molecule has 0 heterocycles. The quantitative estimate of drug-likeness (QED) is 0.830. The molecular formula is C16H17NO5. The normalized spacial score (nSPS) is 9.95. The lowest BCUT2D eigenvalue weighted by Gasteiger charge is -2.14. The Kier molecular flexibility index (Phi) is 4.73. The van der Waals surface area contributed by atoms with Crippen molar-refractivity contribution in [1.29, 1.82) is 0 Å². The summed E-state index contributed by atoms with van der Waals surface area (Å²) in [6.07, 6.45) is 0. The Balaban J connectivity index is 2.38. The van der Waals surface area contributed by atoms with E-state index in [0.717, 1.165) is 0 Å². The smallest absolute Gasteiger partial charge is 0.259 e. The molecule has 2 aromatic rings. The molecule has 0 aliphatic heterocycles. The second-order valence-electron chi connectivity index (χ2n) is 4.38. The predicted octanol–water partition coefficient (Wildman–Crippen LogP) is 2.67. The molecule has 0 aliphatic carbocycles. The van der Waals surface area contributed by atoms with Gasteiger partial charge in [-0.2, -0.15) is 0 Å². The predicted molar refractivity (Wildman–Crippen MR) is 82.2 cm³/mol. The number of rotatable bonds is 5. The molecule has 22 heavy (non-hydrogen) atoms. The first-order valence-electron chi connectivity index (χ1n) is 6.50. The molecule has 2 rings (SSSR count). The van der Waals surface area contributed by atoms with Crippen LogP contribution < -0.4 is 19.5 Å². The number of amides is 1. The van der Waals surface area contributed by atoms with Gasteiger partial charge in [0.25, 0.3) is 5.91 Å². The summed E-state index contributed by atoms with van der Waals surface area (Å²) in [7, 11) is 4.44. The summed E-state index contributed by atoms with van der Waals surface area (Å²) in [4.78, 5) is 12.4. The highest BCUT2D eigenvalue weighted by molar-refractivity contribution is 6.07. The average molecular weight is 303 g/mol. The van der Waals surface area contributed by atoms with Gasteiger partial charge in [-0.05, 0) is 12.1 Å². The first-order chi connectivity index (χ1) is 10.6. The number of carbonyl (C=O) groups is 1. The number of phenols is 1. The molecule has 2 N–H and O–H groups in total. The number of para-hydroxylation sites is 2. The number of ether oxygens (including phenoxy) is 3. The van der Waals surface area contributed by atoms with Gasteiger partial charge in [-0.25, -0.2) is 0 Å². The van der Waals surface area contributed by atoms with Crippen molar-refractivity contribution >= 4 is 11.6 Å². The molecule has 0 aliphatic rings. The van der Waals surface area contributed by atoms with E-state index in [4.69, 9.17) is 14.2 Å². The maximum atomic E-state index is 12.4. The molecule has 0 spiro atoms. The van der Waals surface area contributed by atoms with Crippen LogP contribution >= 0.6 is 0 Å². The van der Waals surface area contributed by atoms with E-state index in [-0.39, 0.29) is 11.3 Å². The zero-order chi connectivity index (χ0) is 16.1. The van der Waals surface area contributed by atoms with E-state index >= 15 is 0 Å². The number of anilines is 1. The van der Waals surface area contributed by atoms with Crippen molar-refractivity contribution in [3.8, 4) is 23.0 Å². The van der Waals surface area contributed by atoms with Crippen LogP contribution in [-0.4, -0.2) is 32.3 Å². The number of aromatic hydroxyl groups is 1. The van der Waals surface area contributed by atoms with Gasteiger partial charge in [-0.3, -0.25) is 4.79 Å². The highest BCUT2D eigenvalue weighted by atomic mass is 16.5. The van der Waals surface area contributed by atoms with Crippen molar-refractivity contribution in [2.45, 2.75) is 0 Å². The zero-order valence-corrected chi connectivity index (χ0v) is 12.5. The monoisotopic (exact) mass is 303 g/mol. The SMILES string of the molecule is COc1cc(OC)c(C(=O)Nc2ccccc2O)cc1OC. The third kappa shape index (κ3) is 3.06. The molecule has 0 fully saturated rings. The molecule has 2 aromatic carbocycles. The van der Waals surface area contributed by atoms with Crippen LogP contribution in [0.3, 0.4) is 0 Å². The van der Waals surface area contributed by atoms with Crippen LogP contribution in [0.15, 0.2) is 36.4 Å². The molecule has 0 saturated heterocycles. The number of hydrogen-bond donors (Lipinski definition) is 2. The summed E-state index contributed by atoms with van der Waals surface area (Å²) in [5, 5.41) is 12.3. The number of hydrogen-bond acceptors (Lipinski definition) is 5. The average Bonchev–Trinajstić information content (AvgIpc) is 2.55. The van der Waals surface area contributed by atoms with E-state index in [2.05, 4.69) is 5.32 Å². The van der Waals surface area contributed by atoms with E-state index in [1.807, 2.05) is 0 Å². The van der Waals surface area contributed by atoms with Crippen LogP contribution in [0.25, 0.3) is 0 Å². The lowest BCUT2D eigenvalue weighted by Crippen LogP contribution is -2.13. The van der Waals surface area contributed by atoms with Crippen molar-refractivity contribution < 1.29 is 24.1 Å². The minimum Gasteiger partial charge on any atom is -0.506 e. The topological polar surface area (TPSA) is 77.0 Å². The van der Waals surface area contributed by atoms with Crippen LogP contribution in [0, 0.1) is 0 Å². The summed E-state index contributed by atoms with van der Waals surface area (Å²) < 4.78 is 15.6. The standard InChI is InChI=1S/C16H17NO5/c1-20-13-9-15(22-3)14(21-2)8-10(13)16(19)17-11-6-4-5-7-12(11)18/h4-9,18H,1-3H3,(H,17,19). The first kappa shape index (κ1) is 15.5. The molecule has 0 aromatic heterocycles. The Hall–Kier alpha value is -2.89.